The number of hydrogen-bond donors (Lipinski definition) is 0. The number of fused-ring (bicyclic) bond motifs is 1. The Bertz CT molecular complexity index is 520. The number of nitriles is 1. The standard InChI is InChI=1S/C11H9NO2/c1-7-3-8-5-9(6-12)14-11(8)10(4-7)13-2/h3-5H,1-2H3. The molecule has 70 valence electrons. The van der Waals surface area contributed by atoms with E-state index in [0.29, 0.717) is 17.1 Å². The first kappa shape index (κ1) is 8.64. The summed E-state index contributed by atoms with van der Waals surface area (Å²) in [6, 6.07) is 7.52. The van der Waals surface area contributed by atoms with Gasteiger partial charge in [-0.05, 0) is 24.6 Å². The van der Waals surface area contributed by atoms with Crippen LogP contribution in [0.25, 0.3) is 11.0 Å². The van der Waals surface area contributed by atoms with E-state index in [1.807, 2.05) is 25.1 Å². The topological polar surface area (TPSA) is 46.2 Å². The smallest absolute Gasteiger partial charge is 0.204 e. The van der Waals surface area contributed by atoms with Crippen LogP contribution in [0.1, 0.15) is 11.3 Å². The summed E-state index contributed by atoms with van der Waals surface area (Å²) in [7, 11) is 1.59. The first-order valence-electron chi connectivity index (χ1n) is 4.23. The Morgan fingerprint density at radius 3 is 2.79 bits per heavy atom. The SMILES string of the molecule is COc1cc(C)cc2cc(C#N)oc12. The summed E-state index contributed by atoms with van der Waals surface area (Å²) in [4.78, 5) is 0. The van der Waals surface area contributed by atoms with E-state index in [1.54, 1.807) is 13.2 Å². The molecule has 0 aliphatic carbocycles. The highest BCUT2D eigenvalue weighted by molar-refractivity contribution is 5.85. The third-order valence-corrected chi connectivity index (χ3v) is 2.06. The Kier molecular flexibility index (Phi) is 1.90. The van der Waals surface area contributed by atoms with E-state index in [4.69, 9.17) is 14.4 Å². The molecule has 1 aromatic heterocycles. The van der Waals surface area contributed by atoms with Crippen LogP contribution in [0.3, 0.4) is 0 Å². The van der Waals surface area contributed by atoms with Gasteiger partial charge in [0.2, 0.25) is 5.76 Å². The van der Waals surface area contributed by atoms with Gasteiger partial charge in [-0.2, -0.15) is 5.26 Å². The lowest BCUT2D eigenvalue weighted by molar-refractivity contribution is 0.409. The predicted molar refractivity (Wildman–Crippen MR) is 52.2 cm³/mol. The van der Waals surface area contributed by atoms with E-state index < -0.39 is 0 Å². The molecule has 0 amide bonds. The van der Waals surface area contributed by atoms with Crippen LogP contribution in [-0.2, 0) is 0 Å². The maximum absolute atomic E-state index is 8.69. The van der Waals surface area contributed by atoms with E-state index >= 15 is 0 Å². The average molecular weight is 187 g/mol. The van der Waals surface area contributed by atoms with Crippen LogP contribution in [0, 0.1) is 18.3 Å². The summed E-state index contributed by atoms with van der Waals surface area (Å²) in [5, 5.41) is 9.59. The summed E-state index contributed by atoms with van der Waals surface area (Å²) in [5.74, 6) is 0.977. The van der Waals surface area contributed by atoms with E-state index in [9.17, 15) is 0 Å². The van der Waals surface area contributed by atoms with Gasteiger partial charge >= 0.3 is 0 Å². The minimum atomic E-state index is 0.309. The van der Waals surface area contributed by atoms with Crippen LogP contribution in [0.5, 0.6) is 5.75 Å². The van der Waals surface area contributed by atoms with Gasteiger partial charge in [-0.3, -0.25) is 0 Å². The second-order valence-corrected chi connectivity index (χ2v) is 3.11. The first-order valence-corrected chi connectivity index (χ1v) is 4.23. The zero-order valence-corrected chi connectivity index (χ0v) is 8.00. The Hall–Kier alpha value is -1.95. The van der Waals surface area contributed by atoms with Crippen LogP contribution in [-0.4, -0.2) is 7.11 Å². The molecule has 0 atom stereocenters. The van der Waals surface area contributed by atoms with Crippen molar-refractivity contribution in [1.82, 2.24) is 0 Å². The zero-order valence-electron chi connectivity index (χ0n) is 8.00. The summed E-state index contributed by atoms with van der Waals surface area (Å²) >= 11 is 0. The lowest BCUT2D eigenvalue weighted by Gasteiger charge is -2.01. The van der Waals surface area contributed by atoms with Gasteiger partial charge in [-0.25, -0.2) is 0 Å². The molecule has 0 fully saturated rings. The number of rotatable bonds is 1. The van der Waals surface area contributed by atoms with Gasteiger partial charge in [0.15, 0.2) is 11.3 Å². The largest absolute Gasteiger partial charge is 0.493 e. The summed E-state index contributed by atoms with van der Waals surface area (Å²) in [6.07, 6.45) is 0. The van der Waals surface area contributed by atoms with Crippen molar-refractivity contribution in [3.63, 3.8) is 0 Å². The number of nitrogens with zero attached hydrogens (tertiary/aromatic N) is 1. The fourth-order valence-corrected chi connectivity index (χ4v) is 1.47. The molecule has 0 saturated carbocycles. The summed E-state index contributed by atoms with van der Waals surface area (Å²) in [6.45, 7) is 1.97. The Balaban J connectivity index is 2.79. The van der Waals surface area contributed by atoms with Gasteiger partial charge in [0, 0.05) is 11.5 Å². The van der Waals surface area contributed by atoms with Crippen LogP contribution in [0.4, 0.5) is 0 Å². The van der Waals surface area contributed by atoms with Crippen molar-refractivity contribution in [2.24, 2.45) is 0 Å². The predicted octanol–water partition coefficient (Wildman–Crippen LogP) is 2.62. The van der Waals surface area contributed by atoms with Crippen molar-refractivity contribution in [3.8, 4) is 11.8 Å². The Labute approximate surface area is 81.5 Å². The minimum Gasteiger partial charge on any atom is -0.493 e. The fraction of sp³-hybridized carbons (Fsp3) is 0.182. The summed E-state index contributed by atoms with van der Waals surface area (Å²) in [5.41, 5.74) is 1.72. The van der Waals surface area contributed by atoms with Gasteiger partial charge in [0.25, 0.3) is 0 Å². The molecule has 0 aliphatic rings. The van der Waals surface area contributed by atoms with E-state index in [1.165, 1.54) is 0 Å². The molecule has 0 unspecified atom stereocenters. The Morgan fingerprint density at radius 1 is 1.36 bits per heavy atom. The van der Waals surface area contributed by atoms with E-state index in [2.05, 4.69) is 0 Å². The maximum Gasteiger partial charge on any atom is 0.204 e. The van der Waals surface area contributed by atoms with Crippen molar-refractivity contribution in [3.05, 3.63) is 29.5 Å². The lowest BCUT2D eigenvalue weighted by atomic mass is 10.1. The highest BCUT2D eigenvalue weighted by atomic mass is 16.5. The second kappa shape index (κ2) is 3.08. The molecule has 0 spiro atoms. The molecule has 0 saturated heterocycles. The van der Waals surface area contributed by atoms with Crippen molar-refractivity contribution in [2.45, 2.75) is 6.92 Å². The third-order valence-electron chi connectivity index (χ3n) is 2.06. The number of hydrogen-bond acceptors (Lipinski definition) is 3. The number of methoxy groups -OCH3 is 1. The highest BCUT2D eigenvalue weighted by Gasteiger charge is 2.08. The molecule has 0 radical (unpaired) electrons. The van der Waals surface area contributed by atoms with E-state index in [0.717, 1.165) is 10.9 Å². The molecular weight excluding hydrogens is 178 g/mol. The Morgan fingerprint density at radius 2 is 2.14 bits per heavy atom. The molecule has 1 aromatic carbocycles. The van der Waals surface area contributed by atoms with Crippen LogP contribution in [0.15, 0.2) is 22.6 Å². The maximum atomic E-state index is 8.69. The third kappa shape index (κ3) is 1.21. The van der Waals surface area contributed by atoms with Crippen molar-refractivity contribution in [2.75, 3.05) is 7.11 Å². The normalized spacial score (nSPS) is 10.1. The van der Waals surface area contributed by atoms with Gasteiger partial charge in [0.1, 0.15) is 6.07 Å². The van der Waals surface area contributed by atoms with Crippen molar-refractivity contribution >= 4 is 11.0 Å². The van der Waals surface area contributed by atoms with Gasteiger partial charge in [-0.1, -0.05) is 0 Å². The highest BCUT2D eigenvalue weighted by Crippen LogP contribution is 2.29. The molecule has 0 aliphatic heterocycles. The zero-order chi connectivity index (χ0) is 10.1. The second-order valence-electron chi connectivity index (χ2n) is 3.11. The van der Waals surface area contributed by atoms with Crippen molar-refractivity contribution < 1.29 is 9.15 Å². The van der Waals surface area contributed by atoms with E-state index in [-0.39, 0.29) is 0 Å². The molecule has 0 bridgehead atoms. The number of benzene rings is 1. The number of ether oxygens (including phenoxy) is 1. The van der Waals surface area contributed by atoms with Gasteiger partial charge < -0.3 is 9.15 Å². The molecule has 0 N–H and O–H groups in total. The first-order chi connectivity index (χ1) is 6.74. The molecule has 2 aromatic rings. The number of aryl methyl sites for hydroxylation is 1. The van der Waals surface area contributed by atoms with Gasteiger partial charge in [-0.15, -0.1) is 0 Å². The minimum absolute atomic E-state index is 0.309. The quantitative estimate of drug-likeness (QED) is 0.689. The van der Waals surface area contributed by atoms with Gasteiger partial charge in [0.05, 0.1) is 7.11 Å². The van der Waals surface area contributed by atoms with Crippen molar-refractivity contribution in [1.29, 1.82) is 5.26 Å². The lowest BCUT2D eigenvalue weighted by Crippen LogP contribution is -1.83. The van der Waals surface area contributed by atoms with Crippen LogP contribution < -0.4 is 4.74 Å². The van der Waals surface area contributed by atoms with Crippen LogP contribution in [0.2, 0.25) is 0 Å². The molecule has 14 heavy (non-hydrogen) atoms. The molecular formula is C11H9NO2. The number of furan rings is 1. The average Bonchev–Trinajstić information content (AvgIpc) is 2.59. The molecule has 1 heterocycles. The molecule has 2 rings (SSSR count). The summed E-state index contributed by atoms with van der Waals surface area (Å²) < 4.78 is 10.5. The van der Waals surface area contributed by atoms with Crippen LogP contribution >= 0.6 is 0 Å². The monoisotopic (exact) mass is 187 g/mol. The molecule has 3 nitrogen and oxygen atoms in total. The fourth-order valence-electron chi connectivity index (χ4n) is 1.47. The molecule has 3 heteroatoms.